The molecule has 5 rings (SSSR count). The summed E-state index contributed by atoms with van der Waals surface area (Å²) < 4.78 is 5.99. The largest absolute Gasteiger partial charge is 0.441 e. The van der Waals surface area contributed by atoms with Gasteiger partial charge in [0.15, 0.2) is 5.60 Å². The number of hydrogen-bond acceptors (Lipinski definition) is 2. The van der Waals surface area contributed by atoms with Gasteiger partial charge in [0.25, 0.3) is 0 Å². The molecule has 1 aliphatic heterocycles. The summed E-state index contributed by atoms with van der Waals surface area (Å²) in [5.41, 5.74) is 5.20. The third-order valence-electron chi connectivity index (χ3n) is 4.67. The lowest BCUT2D eigenvalue weighted by Crippen LogP contribution is -2.26. The van der Waals surface area contributed by atoms with Crippen LogP contribution in [0.5, 0.6) is 0 Å². The van der Waals surface area contributed by atoms with Crippen LogP contribution in [-0.4, -0.2) is 5.97 Å². The van der Waals surface area contributed by atoms with Crippen LogP contribution in [0.1, 0.15) is 27.0 Å². The first-order valence-electron chi connectivity index (χ1n) is 7.34. The third kappa shape index (κ3) is 1.19. The fourth-order valence-corrected chi connectivity index (χ4v) is 3.81. The zero-order valence-electron chi connectivity index (χ0n) is 11.7. The maximum absolute atomic E-state index is 12.4. The number of esters is 1. The molecule has 0 atom stereocenters. The van der Waals surface area contributed by atoms with E-state index in [1.54, 1.807) is 0 Å². The van der Waals surface area contributed by atoms with E-state index in [-0.39, 0.29) is 5.97 Å². The smallest absolute Gasteiger partial charge is 0.340 e. The minimum Gasteiger partial charge on any atom is -0.441 e. The van der Waals surface area contributed by atoms with E-state index in [1.165, 1.54) is 0 Å². The monoisotopic (exact) mass is 284 g/mol. The second kappa shape index (κ2) is 3.86. The summed E-state index contributed by atoms with van der Waals surface area (Å²) in [6.45, 7) is 0. The van der Waals surface area contributed by atoms with Crippen LogP contribution in [0.15, 0.2) is 72.8 Å². The van der Waals surface area contributed by atoms with Gasteiger partial charge in [-0.15, -0.1) is 0 Å². The summed E-state index contributed by atoms with van der Waals surface area (Å²) >= 11 is 0. The Hall–Kier alpha value is -2.87. The fourth-order valence-electron chi connectivity index (χ4n) is 3.81. The van der Waals surface area contributed by atoms with Gasteiger partial charge in [-0.1, -0.05) is 66.7 Å². The number of rotatable bonds is 0. The molecule has 3 aromatic rings. The number of carbonyl (C=O) groups is 1. The van der Waals surface area contributed by atoms with Crippen LogP contribution in [-0.2, 0) is 10.3 Å². The van der Waals surface area contributed by atoms with Crippen molar-refractivity contribution in [2.75, 3.05) is 0 Å². The zero-order chi connectivity index (χ0) is 14.7. The van der Waals surface area contributed by atoms with Gasteiger partial charge >= 0.3 is 5.97 Å². The van der Waals surface area contributed by atoms with Gasteiger partial charge in [0.05, 0.1) is 5.56 Å². The van der Waals surface area contributed by atoms with Gasteiger partial charge in [-0.2, -0.15) is 0 Å². The molecule has 0 amide bonds. The molecular weight excluding hydrogens is 272 g/mol. The van der Waals surface area contributed by atoms with Crippen LogP contribution < -0.4 is 0 Å². The molecule has 3 aromatic carbocycles. The van der Waals surface area contributed by atoms with Crippen molar-refractivity contribution in [3.8, 4) is 11.1 Å². The Bertz CT molecular complexity index is 894. The summed E-state index contributed by atoms with van der Waals surface area (Å²) in [4.78, 5) is 12.4. The summed E-state index contributed by atoms with van der Waals surface area (Å²) in [6, 6.07) is 24.1. The molecule has 0 radical (unpaired) electrons. The third-order valence-corrected chi connectivity index (χ3v) is 4.67. The van der Waals surface area contributed by atoms with Gasteiger partial charge in [0, 0.05) is 16.7 Å². The van der Waals surface area contributed by atoms with Crippen molar-refractivity contribution < 1.29 is 9.53 Å². The van der Waals surface area contributed by atoms with Crippen LogP contribution in [0.25, 0.3) is 11.1 Å². The molecule has 0 fully saturated rings. The van der Waals surface area contributed by atoms with Gasteiger partial charge in [-0.25, -0.2) is 4.79 Å². The molecule has 0 saturated carbocycles. The lowest BCUT2D eigenvalue weighted by molar-refractivity contribution is 0.0264. The zero-order valence-corrected chi connectivity index (χ0v) is 11.7. The van der Waals surface area contributed by atoms with E-state index in [9.17, 15) is 4.79 Å². The highest BCUT2D eigenvalue weighted by Crippen LogP contribution is 2.56. The number of ether oxygens (including phenoxy) is 1. The highest BCUT2D eigenvalue weighted by atomic mass is 16.6. The first-order chi connectivity index (χ1) is 10.8. The predicted octanol–water partition coefficient (Wildman–Crippen LogP) is 4.13. The highest BCUT2D eigenvalue weighted by Gasteiger charge is 2.53. The molecule has 0 saturated heterocycles. The van der Waals surface area contributed by atoms with Crippen molar-refractivity contribution >= 4 is 5.97 Å². The highest BCUT2D eigenvalue weighted by molar-refractivity contribution is 5.99. The summed E-state index contributed by atoms with van der Waals surface area (Å²) in [7, 11) is 0. The topological polar surface area (TPSA) is 26.3 Å². The van der Waals surface area contributed by atoms with Gasteiger partial charge in [0.2, 0.25) is 0 Å². The molecule has 1 spiro atoms. The molecule has 1 aliphatic carbocycles. The first-order valence-corrected chi connectivity index (χ1v) is 7.34. The molecule has 2 nitrogen and oxygen atoms in total. The SMILES string of the molecule is O=C1OC2(c3ccccc31)c1ccccc1-c1ccccc12. The molecule has 0 aromatic heterocycles. The van der Waals surface area contributed by atoms with E-state index in [0.717, 1.165) is 27.8 Å². The number of fused-ring (bicyclic) bond motifs is 7. The van der Waals surface area contributed by atoms with Crippen molar-refractivity contribution in [1.29, 1.82) is 0 Å². The average Bonchev–Trinajstić information content (AvgIpc) is 3.04. The lowest BCUT2D eigenvalue weighted by Gasteiger charge is -2.26. The number of benzene rings is 3. The minimum absolute atomic E-state index is 0.248. The van der Waals surface area contributed by atoms with Gasteiger partial charge < -0.3 is 4.74 Å². The molecule has 104 valence electrons. The predicted molar refractivity (Wildman–Crippen MR) is 83.6 cm³/mol. The maximum atomic E-state index is 12.4. The maximum Gasteiger partial charge on any atom is 0.340 e. The molecule has 22 heavy (non-hydrogen) atoms. The molecular formula is C20H12O2. The molecule has 0 bridgehead atoms. The van der Waals surface area contributed by atoms with Crippen molar-refractivity contribution in [1.82, 2.24) is 0 Å². The normalized spacial score (nSPS) is 16.1. The minimum atomic E-state index is -0.791. The van der Waals surface area contributed by atoms with E-state index < -0.39 is 5.60 Å². The Kier molecular flexibility index (Phi) is 2.06. The fraction of sp³-hybridized carbons (Fsp3) is 0.0500. The van der Waals surface area contributed by atoms with Crippen molar-refractivity contribution in [2.24, 2.45) is 0 Å². The van der Waals surface area contributed by atoms with Gasteiger partial charge in [-0.05, 0) is 17.2 Å². The van der Waals surface area contributed by atoms with E-state index >= 15 is 0 Å². The summed E-state index contributed by atoms with van der Waals surface area (Å²) in [6.07, 6.45) is 0. The van der Waals surface area contributed by atoms with E-state index in [1.807, 2.05) is 48.5 Å². The van der Waals surface area contributed by atoms with Crippen molar-refractivity contribution in [3.63, 3.8) is 0 Å². The van der Waals surface area contributed by atoms with Crippen molar-refractivity contribution in [2.45, 2.75) is 5.60 Å². The van der Waals surface area contributed by atoms with Crippen LogP contribution in [0, 0.1) is 0 Å². The van der Waals surface area contributed by atoms with E-state index in [4.69, 9.17) is 4.74 Å². The average molecular weight is 284 g/mol. The van der Waals surface area contributed by atoms with Gasteiger partial charge in [-0.3, -0.25) is 0 Å². The summed E-state index contributed by atoms with van der Waals surface area (Å²) in [5.74, 6) is -0.248. The molecule has 0 unspecified atom stereocenters. The van der Waals surface area contributed by atoms with Crippen LogP contribution in [0.3, 0.4) is 0 Å². The first kappa shape index (κ1) is 11.8. The molecule has 2 heteroatoms. The Labute approximate surface area is 128 Å². The quantitative estimate of drug-likeness (QED) is 0.580. The number of hydrogen-bond donors (Lipinski definition) is 0. The second-order valence-corrected chi connectivity index (χ2v) is 5.71. The van der Waals surface area contributed by atoms with E-state index in [0.29, 0.717) is 5.56 Å². The van der Waals surface area contributed by atoms with E-state index in [2.05, 4.69) is 24.3 Å². The lowest BCUT2D eigenvalue weighted by atomic mass is 9.84. The van der Waals surface area contributed by atoms with Crippen molar-refractivity contribution in [3.05, 3.63) is 95.1 Å². The standard InChI is InChI=1S/C20H12O2/c21-19-15-9-3-6-12-18(15)20(22-19)16-10-4-1-7-13(16)14-8-2-5-11-17(14)20/h1-12H. The van der Waals surface area contributed by atoms with Crippen LogP contribution >= 0.6 is 0 Å². The molecule has 1 heterocycles. The Balaban J connectivity index is 1.96. The number of carbonyl (C=O) groups excluding carboxylic acids is 1. The second-order valence-electron chi connectivity index (χ2n) is 5.71. The summed E-state index contributed by atoms with van der Waals surface area (Å²) in [5, 5.41) is 0. The van der Waals surface area contributed by atoms with Crippen LogP contribution in [0.4, 0.5) is 0 Å². The Morgan fingerprint density at radius 1 is 0.591 bits per heavy atom. The Morgan fingerprint density at radius 2 is 1.00 bits per heavy atom. The van der Waals surface area contributed by atoms with Gasteiger partial charge in [0.1, 0.15) is 0 Å². The molecule has 2 aliphatic rings. The Morgan fingerprint density at radius 3 is 1.55 bits per heavy atom. The van der Waals surface area contributed by atoms with Crippen LogP contribution in [0.2, 0.25) is 0 Å². The molecule has 0 N–H and O–H groups in total.